The number of hydrogen-bond donors (Lipinski definition) is 1. The first-order valence-electron chi connectivity index (χ1n) is 8.33. The molecule has 7 heteroatoms. The first-order chi connectivity index (χ1) is 11.8. The molecule has 1 unspecified atom stereocenters. The topological polar surface area (TPSA) is 68.5 Å². The van der Waals surface area contributed by atoms with E-state index in [1.54, 1.807) is 17.5 Å². The third-order valence-corrected chi connectivity index (χ3v) is 5.26. The molecule has 6 nitrogen and oxygen atoms in total. The zero-order chi connectivity index (χ0) is 16.4. The number of hydrogen-bond acceptors (Lipinski definition) is 6. The van der Waals surface area contributed by atoms with Crippen molar-refractivity contribution in [3.63, 3.8) is 0 Å². The van der Waals surface area contributed by atoms with Crippen LogP contribution in [0.2, 0.25) is 0 Å². The van der Waals surface area contributed by atoms with E-state index < -0.39 is 0 Å². The zero-order valence-electron chi connectivity index (χ0n) is 13.6. The maximum atomic E-state index is 4.69. The van der Waals surface area contributed by atoms with Crippen molar-refractivity contribution < 1.29 is 0 Å². The second kappa shape index (κ2) is 6.78. The van der Waals surface area contributed by atoms with Crippen molar-refractivity contribution in [2.75, 3.05) is 0 Å². The lowest BCUT2D eigenvalue weighted by Crippen LogP contribution is -2.37. The third kappa shape index (κ3) is 3.09. The molecule has 0 fully saturated rings. The number of nitrogens with zero attached hydrogens (tertiary/aromatic N) is 5. The summed E-state index contributed by atoms with van der Waals surface area (Å²) in [7, 11) is 0. The van der Waals surface area contributed by atoms with Gasteiger partial charge in [-0.1, -0.05) is 13.0 Å². The summed E-state index contributed by atoms with van der Waals surface area (Å²) in [6, 6.07) is 6.36. The minimum absolute atomic E-state index is 0.443. The number of thiazole rings is 1. The van der Waals surface area contributed by atoms with Crippen molar-refractivity contribution in [2.24, 2.45) is 0 Å². The van der Waals surface area contributed by atoms with Crippen LogP contribution in [0.5, 0.6) is 0 Å². The highest BCUT2D eigenvalue weighted by Gasteiger charge is 2.22. The van der Waals surface area contributed by atoms with Crippen LogP contribution in [0, 0.1) is 0 Å². The van der Waals surface area contributed by atoms with Crippen LogP contribution >= 0.6 is 11.3 Å². The van der Waals surface area contributed by atoms with Gasteiger partial charge in [-0.2, -0.15) is 0 Å². The highest BCUT2D eigenvalue weighted by Crippen LogP contribution is 2.22. The van der Waals surface area contributed by atoms with Crippen molar-refractivity contribution in [3.05, 3.63) is 47.1 Å². The fraction of sp³-hybridized carbons (Fsp3) is 0.412. The van der Waals surface area contributed by atoms with E-state index in [4.69, 9.17) is 4.98 Å². The molecule has 0 saturated heterocycles. The minimum Gasteiger partial charge on any atom is -0.313 e. The van der Waals surface area contributed by atoms with Gasteiger partial charge in [0.25, 0.3) is 0 Å². The molecule has 0 aliphatic carbocycles. The molecule has 1 aliphatic heterocycles. The molecule has 0 bridgehead atoms. The number of nitrogens with one attached hydrogen (secondary N) is 1. The van der Waals surface area contributed by atoms with Gasteiger partial charge in [0.15, 0.2) is 0 Å². The molecule has 1 aliphatic rings. The minimum atomic E-state index is 0.443. The summed E-state index contributed by atoms with van der Waals surface area (Å²) in [6.45, 7) is 3.86. The molecule has 0 radical (unpaired) electrons. The van der Waals surface area contributed by atoms with Crippen LogP contribution in [-0.4, -0.2) is 30.8 Å². The van der Waals surface area contributed by atoms with Crippen molar-refractivity contribution in [1.29, 1.82) is 0 Å². The first kappa shape index (κ1) is 15.4. The van der Waals surface area contributed by atoms with Crippen molar-refractivity contribution in [1.82, 2.24) is 30.0 Å². The number of aromatic nitrogens is 5. The van der Waals surface area contributed by atoms with Crippen LogP contribution in [0.1, 0.15) is 30.7 Å². The smallest absolute Gasteiger partial charge is 0.142 e. The van der Waals surface area contributed by atoms with E-state index in [-0.39, 0.29) is 0 Å². The molecule has 3 aromatic rings. The van der Waals surface area contributed by atoms with Crippen molar-refractivity contribution in [3.8, 4) is 10.7 Å². The quantitative estimate of drug-likeness (QED) is 0.773. The second-order valence-electron chi connectivity index (χ2n) is 5.97. The highest BCUT2D eigenvalue weighted by molar-refractivity contribution is 7.13. The van der Waals surface area contributed by atoms with Crippen LogP contribution in [0.15, 0.2) is 29.8 Å². The van der Waals surface area contributed by atoms with E-state index in [9.17, 15) is 0 Å². The van der Waals surface area contributed by atoms with Gasteiger partial charge in [-0.05, 0) is 18.6 Å². The zero-order valence-corrected chi connectivity index (χ0v) is 14.5. The largest absolute Gasteiger partial charge is 0.313 e. The van der Waals surface area contributed by atoms with E-state index in [1.165, 1.54) is 0 Å². The van der Waals surface area contributed by atoms with Gasteiger partial charge in [0.2, 0.25) is 0 Å². The maximum absolute atomic E-state index is 4.69. The summed E-state index contributed by atoms with van der Waals surface area (Å²) in [5.74, 6) is 2.21. The van der Waals surface area contributed by atoms with Gasteiger partial charge < -0.3 is 9.88 Å². The number of pyridine rings is 1. The molecular formula is C17H20N6S. The number of rotatable bonds is 5. The standard InChI is InChI=1S/C17H20N6S/c1-2-15-21-22-16-7-6-12(10-23(15)16)19-9-13-11-24-17(20-13)14-5-3-4-8-18-14/h3-5,8,11-12,19H,2,6-7,9-10H2,1H3. The van der Waals surface area contributed by atoms with Gasteiger partial charge >= 0.3 is 0 Å². The van der Waals surface area contributed by atoms with Gasteiger partial charge in [-0.3, -0.25) is 4.98 Å². The molecule has 0 saturated carbocycles. The van der Waals surface area contributed by atoms with E-state index in [0.29, 0.717) is 6.04 Å². The number of fused-ring (bicyclic) bond motifs is 1. The predicted octanol–water partition coefficient (Wildman–Crippen LogP) is 2.46. The first-order valence-corrected chi connectivity index (χ1v) is 9.21. The Bertz CT molecular complexity index is 796. The van der Waals surface area contributed by atoms with E-state index in [1.807, 2.05) is 18.2 Å². The van der Waals surface area contributed by atoms with E-state index in [0.717, 1.165) is 60.4 Å². The molecule has 3 aromatic heterocycles. The highest BCUT2D eigenvalue weighted by atomic mass is 32.1. The molecular weight excluding hydrogens is 320 g/mol. The lowest BCUT2D eigenvalue weighted by atomic mass is 10.1. The summed E-state index contributed by atoms with van der Waals surface area (Å²) in [6.07, 6.45) is 4.82. The molecule has 4 rings (SSSR count). The Kier molecular flexibility index (Phi) is 4.36. The summed E-state index contributed by atoms with van der Waals surface area (Å²) in [4.78, 5) is 9.06. The summed E-state index contributed by atoms with van der Waals surface area (Å²) < 4.78 is 2.27. The molecule has 24 heavy (non-hydrogen) atoms. The Balaban J connectivity index is 1.39. The Labute approximate surface area is 145 Å². The lowest BCUT2D eigenvalue weighted by molar-refractivity contribution is 0.372. The van der Waals surface area contributed by atoms with Gasteiger partial charge in [0, 0.05) is 43.5 Å². The van der Waals surface area contributed by atoms with Gasteiger partial charge in [0.05, 0.1) is 11.4 Å². The Morgan fingerprint density at radius 2 is 2.29 bits per heavy atom. The maximum Gasteiger partial charge on any atom is 0.142 e. The van der Waals surface area contributed by atoms with Crippen LogP contribution in [-0.2, 0) is 25.9 Å². The Morgan fingerprint density at radius 1 is 1.33 bits per heavy atom. The molecule has 0 spiro atoms. The monoisotopic (exact) mass is 340 g/mol. The van der Waals surface area contributed by atoms with E-state index >= 15 is 0 Å². The van der Waals surface area contributed by atoms with Crippen LogP contribution < -0.4 is 5.32 Å². The van der Waals surface area contributed by atoms with Crippen LogP contribution in [0.3, 0.4) is 0 Å². The average molecular weight is 340 g/mol. The van der Waals surface area contributed by atoms with Gasteiger partial charge in [0.1, 0.15) is 16.7 Å². The SMILES string of the molecule is CCc1nnc2n1CC(NCc1csc(-c3ccccn3)n1)CC2. The molecule has 1 atom stereocenters. The summed E-state index contributed by atoms with van der Waals surface area (Å²) in [5.41, 5.74) is 2.01. The number of aryl methyl sites for hydroxylation is 2. The molecule has 0 aromatic carbocycles. The van der Waals surface area contributed by atoms with Crippen molar-refractivity contribution >= 4 is 11.3 Å². The molecule has 1 N–H and O–H groups in total. The lowest BCUT2D eigenvalue weighted by Gasteiger charge is -2.25. The normalized spacial score (nSPS) is 17.0. The van der Waals surface area contributed by atoms with Crippen LogP contribution in [0.25, 0.3) is 10.7 Å². The fourth-order valence-electron chi connectivity index (χ4n) is 3.06. The second-order valence-corrected chi connectivity index (χ2v) is 6.83. The van der Waals surface area contributed by atoms with E-state index in [2.05, 4.69) is 37.4 Å². The van der Waals surface area contributed by atoms with Gasteiger partial charge in [-0.25, -0.2) is 4.98 Å². The van der Waals surface area contributed by atoms with Crippen molar-refractivity contribution in [2.45, 2.75) is 45.3 Å². The molecule has 4 heterocycles. The molecule has 124 valence electrons. The van der Waals surface area contributed by atoms with Gasteiger partial charge in [-0.15, -0.1) is 21.5 Å². The third-order valence-electron chi connectivity index (χ3n) is 4.35. The molecule has 0 amide bonds. The summed E-state index contributed by atoms with van der Waals surface area (Å²) >= 11 is 1.65. The Hall–Kier alpha value is -2.12. The summed E-state index contributed by atoms with van der Waals surface area (Å²) in [5, 5.41) is 15.3. The predicted molar refractivity (Wildman–Crippen MR) is 93.7 cm³/mol. The fourth-order valence-corrected chi connectivity index (χ4v) is 3.85. The van der Waals surface area contributed by atoms with Crippen LogP contribution in [0.4, 0.5) is 0 Å². The average Bonchev–Trinajstić information content (AvgIpc) is 3.27. The Morgan fingerprint density at radius 3 is 3.12 bits per heavy atom.